The Morgan fingerprint density at radius 2 is 1.85 bits per heavy atom. The summed E-state index contributed by atoms with van der Waals surface area (Å²) in [5.41, 5.74) is 3.81. The molecule has 166 valence electrons. The molecule has 1 unspecified atom stereocenters. The number of hydrogen-bond donors (Lipinski definition) is 0. The summed E-state index contributed by atoms with van der Waals surface area (Å²) in [6.07, 6.45) is 3.61. The van der Waals surface area contributed by atoms with E-state index < -0.39 is 0 Å². The number of Topliss-reactive ketones (excluding diaryl/α,β-unsaturated/α-hetero) is 1. The van der Waals surface area contributed by atoms with Gasteiger partial charge in [-0.2, -0.15) is 0 Å². The molecule has 3 heterocycles. The zero-order valence-corrected chi connectivity index (χ0v) is 18.3. The van der Waals surface area contributed by atoms with Gasteiger partial charge in [0.05, 0.1) is 24.6 Å². The molecule has 2 aliphatic heterocycles. The van der Waals surface area contributed by atoms with Crippen LogP contribution in [0.4, 0.5) is 0 Å². The average Bonchev–Trinajstić information content (AvgIpc) is 3.18. The molecule has 3 aromatic carbocycles. The lowest BCUT2D eigenvalue weighted by Crippen LogP contribution is -2.21. The number of rotatable bonds is 3. The number of methoxy groups -OCH3 is 1. The second kappa shape index (κ2) is 7.85. The quantitative estimate of drug-likeness (QED) is 0.240. The van der Waals surface area contributed by atoms with E-state index in [1.165, 1.54) is 0 Å². The first kappa shape index (κ1) is 20.2. The Balaban J connectivity index is 1.44. The molecule has 0 amide bonds. The lowest BCUT2D eigenvalue weighted by molar-refractivity contribution is -0.135. The molecule has 1 atom stereocenters. The Morgan fingerprint density at radius 1 is 1.00 bits per heavy atom. The zero-order chi connectivity index (χ0) is 23.2. The van der Waals surface area contributed by atoms with Crippen LogP contribution < -0.4 is 14.2 Å². The maximum Gasteiger partial charge on any atom is 0.312 e. The first-order valence-corrected chi connectivity index (χ1v) is 10.9. The van der Waals surface area contributed by atoms with Crippen LogP contribution in [0.25, 0.3) is 17.0 Å². The number of aromatic nitrogens is 1. The Bertz CT molecular complexity index is 1500. The van der Waals surface area contributed by atoms with E-state index in [1.54, 1.807) is 31.5 Å². The highest BCUT2D eigenvalue weighted by Crippen LogP contribution is 2.49. The first-order valence-electron chi connectivity index (χ1n) is 10.9. The molecule has 6 heteroatoms. The van der Waals surface area contributed by atoms with Crippen molar-refractivity contribution < 1.29 is 23.8 Å². The summed E-state index contributed by atoms with van der Waals surface area (Å²) in [6.45, 7) is 0. The zero-order valence-electron chi connectivity index (χ0n) is 18.3. The molecule has 6 rings (SSSR count). The van der Waals surface area contributed by atoms with Crippen molar-refractivity contribution in [1.82, 2.24) is 4.98 Å². The lowest BCUT2D eigenvalue weighted by atomic mass is 9.84. The third-order valence-electron chi connectivity index (χ3n) is 6.22. The lowest BCUT2D eigenvalue weighted by Gasteiger charge is -2.26. The predicted molar refractivity (Wildman–Crippen MR) is 126 cm³/mol. The molecule has 0 aliphatic carbocycles. The number of nitrogens with zero attached hydrogens (tertiary/aromatic N) is 1. The molecule has 0 N–H and O–H groups in total. The summed E-state index contributed by atoms with van der Waals surface area (Å²) >= 11 is 0. The molecule has 0 saturated heterocycles. The Labute approximate surface area is 195 Å². The summed E-state index contributed by atoms with van der Waals surface area (Å²) in [5, 5.41) is 0.977. The number of ether oxygens (including phenoxy) is 3. The van der Waals surface area contributed by atoms with Gasteiger partial charge in [-0.3, -0.25) is 14.6 Å². The van der Waals surface area contributed by atoms with Gasteiger partial charge in [0, 0.05) is 23.1 Å². The number of esters is 1. The summed E-state index contributed by atoms with van der Waals surface area (Å²) in [6, 6.07) is 20.5. The van der Waals surface area contributed by atoms with Crippen molar-refractivity contribution in [1.29, 1.82) is 0 Å². The van der Waals surface area contributed by atoms with E-state index in [9.17, 15) is 9.59 Å². The van der Waals surface area contributed by atoms with Crippen LogP contribution in [0, 0.1) is 0 Å². The second-order valence-corrected chi connectivity index (χ2v) is 8.25. The monoisotopic (exact) mass is 449 g/mol. The fourth-order valence-corrected chi connectivity index (χ4v) is 4.55. The standard InChI is InChI=1S/C28H19NO5/c1-32-19-7-4-16(5-8-19)13-24-27(31)20-9-11-23-26(28(20)34-24)21(15-25(30)33-23)17-6-10-22-18(14-17)3-2-12-29-22/h2-14,21H,15H2,1H3. The number of hydrogen-bond acceptors (Lipinski definition) is 6. The number of allylic oxidation sites excluding steroid dienone is 1. The predicted octanol–water partition coefficient (Wildman–Crippen LogP) is 5.30. The smallest absolute Gasteiger partial charge is 0.312 e. The van der Waals surface area contributed by atoms with E-state index >= 15 is 0 Å². The maximum atomic E-state index is 13.2. The van der Waals surface area contributed by atoms with Gasteiger partial charge < -0.3 is 14.2 Å². The largest absolute Gasteiger partial charge is 0.497 e. The van der Waals surface area contributed by atoms with Crippen molar-refractivity contribution in [2.24, 2.45) is 0 Å². The molecule has 6 nitrogen and oxygen atoms in total. The van der Waals surface area contributed by atoms with Crippen LogP contribution in [0.3, 0.4) is 0 Å². The normalized spacial score (nSPS) is 17.8. The number of carbonyl (C=O) groups is 2. The van der Waals surface area contributed by atoms with Gasteiger partial charge in [0.15, 0.2) is 5.76 Å². The highest BCUT2D eigenvalue weighted by molar-refractivity contribution is 6.15. The van der Waals surface area contributed by atoms with Gasteiger partial charge in [-0.15, -0.1) is 0 Å². The maximum absolute atomic E-state index is 13.2. The van der Waals surface area contributed by atoms with E-state index in [4.69, 9.17) is 14.2 Å². The van der Waals surface area contributed by atoms with Gasteiger partial charge in [-0.05, 0) is 59.7 Å². The van der Waals surface area contributed by atoms with E-state index in [0.717, 1.165) is 27.8 Å². The summed E-state index contributed by atoms with van der Waals surface area (Å²) in [5.74, 6) is 1.01. The van der Waals surface area contributed by atoms with Crippen LogP contribution in [0.5, 0.6) is 17.2 Å². The molecule has 4 aromatic rings. The summed E-state index contributed by atoms with van der Waals surface area (Å²) in [7, 11) is 1.60. The van der Waals surface area contributed by atoms with Gasteiger partial charge in [0.2, 0.25) is 5.78 Å². The summed E-state index contributed by atoms with van der Waals surface area (Å²) in [4.78, 5) is 30.0. The number of ketones is 1. The van der Waals surface area contributed by atoms with E-state index in [0.29, 0.717) is 22.6 Å². The Hall–Kier alpha value is -4.45. The number of pyridine rings is 1. The minimum atomic E-state index is -0.318. The second-order valence-electron chi connectivity index (χ2n) is 8.25. The number of fused-ring (bicyclic) bond motifs is 4. The average molecular weight is 449 g/mol. The SMILES string of the molecule is COc1ccc(C=C2Oc3c(ccc4c3C(c3ccc5ncccc5c3)CC(=O)O4)C2=O)cc1. The molecule has 0 bridgehead atoms. The molecule has 0 spiro atoms. The van der Waals surface area contributed by atoms with Crippen LogP contribution in [-0.4, -0.2) is 23.8 Å². The minimum Gasteiger partial charge on any atom is -0.497 e. The topological polar surface area (TPSA) is 74.7 Å². The third-order valence-corrected chi connectivity index (χ3v) is 6.22. The highest BCUT2D eigenvalue weighted by atomic mass is 16.5. The van der Waals surface area contributed by atoms with E-state index in [1.807, 2.05) is 54.6 Å². The minimum absolute atomic E-state index is 0.157. The summed E-state index contributed by atoms with van der Waals surface area (Å²) < 4.78 is 16.9. The van der Waals surface area contributed by atoms with Crippen molar-refractivity contribution in [3.05, 3.63) is 101 Å². The molecular formula is C28H19NO5. The fourth-order valence-electron chi connectivity index (χ4n) is 4.55. The van der Waals surface area contributed by atoms with Crippen molar-refractivity contribution in [3.63, 3.8) is 0 Å². The van der Waals surface area contributed by atoms with Crippen LogP contribution in [-0.2, 0) is 4.79 Å². The third kappa shape index (κ3) is 3.31. The molecular weight excluding hydrogens is 430 g/mol. The van der Waals surface area contributed by atoms with Gasteiger partial charge in [-0.25, -0.2) is 0 Å². The molecule has 1 aromatic heterocycles. The van der Waals surface area contributed by atoms with Crippen molar-refractivity contribution in [2.45, 2.75) is 12.3 Å². The van der Waals surface area contributed by atoms with E-state index in [2.05, 4.69) is 4.98 Å². The van der Waals surface area contributed by atoms with Gasteiger partial charge >= 0.3 is 5.97 Å². The molecule has 2 aliphatic rings. The van der Waals surface area contributed by atoms with Gasteiger partial charge in [0.1, 0.15) is 17.2 Å². The Morgan fingerprint density at radius 3 is 2.68 bits per heavy atom. The molecule has 34 heavy (non-hydrogen) atoms. The van der Waals surface area contributed by atoms with E-state index in [-0.39, 0.29) is 29.9 Å². The molecule has 0 radical (unpaired) electrons. The number of benzene rings is 3. The van der Waals surface area contributed by atoms with Crippen molar-refractivity contribution in [2.75, 3.05) is 7.11 Å². The molecule has 0 fully saturated rings. The molecule has 0 saturated carbocycles. The van der Waals surface area contributed by atoms with Gasteiger partial charge in [-0.1, -0.05) is 24.3 Å². The first-order chi connectivity index (χ1) is 16.6. The van der Waals surface area contributed by atoms with Crippen LogP contribution in [0.1, 0.15) is 39.4 Å². The highest BCUT2D eigenvalue weighted by Gasteiger charge is 2.38. The van der Waals surface area contributed by atoms with Crippen LogP contribution in [0.15, 0.2) is 78.7 Å². The van der Waals surface area contributed by atoms with Crippen LogP contribution in [0.2, 0.25) is 0 Å². The van der Waals surface area contributed by atoms with Crippen LogP contribution >= 0.6 is 0 Å². The van der Waals surface area contributed by atoms with Gasteiger partial charge in [0.25, 0.3) is 0 Å². The van der Waals surface area contributed by atoms with Crippen molar-refractivity contribution in [3.8, 4) is 17.2 Å². The fraction of sp³-hybridized carbons (Fsp3) is 0.107. The van der Waals surface area contributed by atoms with Crippen molar-refractivity contribution >= 4 is 28.7 Å². The Kier molecular flexibility index (Phi) is 4.66. The number of carbonyl (C=O) groups excluding carboxylic acids is 2.